The first-order chi connectivity index (χ1) is 12.6. The van der Waals surface area contributed by atoms with Crippen LogP contribution < -0.4 is 10.6 Å². The number of nitrogens with zero attached hydrogens (tertiary/aromatic N) is 3. The summed E-state index contributed by atoms with van der Waals surface area (Å²) < 4.78 is 18.4. The molecule has 26 heavy (non-hydrogen) atoms. The van der Waals surface area contributed by atoms with E-state index in [1.54, 1.807) is 25.2 Å². The van der Waals surface area contributed by atoms with Crippen LogP contribution in [0.25, 0.3) is 11.4 Å². The molecule has 134 valence electrons. The number of hydrogen-bond acceptors (Lipinski definition) is 4. The minimum absolute atomic E-state index is 0.271. The van der Waals surface area contributed by atoms with Crippen molar-refractivity contribution in [1.29, 1.82) is 0 Å². The lowest BCUT2D eigenvalue weighted by atomic mass is 10.2. The second-order valence-electron chi connectivity index (χ2n) is 5.43. The number of rotatable bonds is 5. The van der Waals surface area contributed by atoms with E-state index in [-0.39, 0.29) is 5.82 Å². The van der Waals surface area contributed by atoms with Crippen LogP contribution in [0.1, 0.15) is 11.5 Å². The van der Waals surface area contributed by atoms with Gasteiger partial charge >= 0.3 is 0 Å². The van der Waals surface area contributed by atoms with Gasteiger partial charge in [-0.05, 0) is 42.0 Å². The zero-order chi connectivity index (χ0) is 18.4. The summed E-state index contributed by atoms with van der Waals surface area (Å²) in [6.07, 6.45) is 0. The van der Waals surface area contributed by atoms with Crippen LogP contribution in [0.4, 0.5) is 4.39 Å². The highest BCUT2D eigenvalue weighted by atomic mass is 35.5. The second-order valence-corrected chi connectivity index (χ2v) is 5.86. The van der Waals surface area contributed by atoms with Gasteiger partial charge in [0.2, 0.25) is 11.7 Å². The van der Waals surface area contributed by atoms with Crippen LogP contribution in [0.2, 0.25) is 5.02 Å². The highest BCUT2D eigenvalue weighted by Crippen LogP contribution is 2.18. The molecule has 2 aromatic carbocycles. The van der Waals surface area contributed by atoms with Gasteiger partial charge < -0.3 is 15.2 Å². The van der Waals surface area contributed by atoms with E-state index in [0.717, 1.165) is 11.1 Å². The van der Waals surface area contributed by atoms with E-state index in [1.165, 1.54) is 12.1 Å². The maximum absolute atomic E-state index is 13.2. The predicted octanol–water partition coefficient (Wildman–Crippen LogP) is 3.39. The van der Waals surface area contributed by atoms with Crippen molar-refractivity contribution in [2.45, 2.75) is 13.1 Å². The first kappa shape index (κ1) is 17.9. The molecule has 0 aliphatic carbocycles. The molecule has 1 heterocycles. The average molecular weight is 374 g/mol. The number of aliphatic imine (C=N–C) groups is 1. The van der Waals surface area contributed by atoms with Crippen molar-refractivity contribution in [3.05, 3.63) is 70.8 Å². The van der Waals surface area contributed by atoms with Crippen molar-refractivity contribution < 1.29 is 8.91 Å². The van der Waals surface area contributed by atoms with Gasteiger partial charge in [-0.1, -0.05) is 28.9 Å². The average Bonchev–Trinajstić information content (AvgIpc) is 3.11. The van der Waals surface area contributed by atoms with Crippen LogP contribution in [-0.2, 0) is 13.1 Å². The molecule has 0 aliphatic rings. The smallest absolute Gasteiger partial charge is 0.246 e. The van der Waals surface area contributed by atoms with Gasteiger partial charge in [0, 0.05) is 24.2 Å². The molecule has 1 aromatic heterocycles. The van der Waals surface area contributed by atoms with Crippen molar-refractivity contribution in [1.82, 2.24) is 20.8 Å². The summed E-state index contributed by atoms with van der Waals surface area (Å²) in [7, 11) is 1.65. The van der Waals surface area contributed by atoms with Gasteiger partial charge in [0.05, 0.1) is 6.54 Å². The Labute approximate surface area is 155 Å². The van der Waals surface area contributed by atoms with Crippen molar-refractivity contribution in [3.63, 3.8) is 0 Å². The molecule has 3 rings (SSSR count). The van der Waals surface area contributed by atoms with Crippen LogP contribution in [0, 0.1) is 5.82 Å². The second kappa shape index (κ2) is 8.44. The molecule has 2 N–H and O–H groups in total. The number of hydrogen-bond donors (Lipinski definition) is 2. The van der Waals surface area contributed by atoms with E-state index in [0.29, 0.717) is 35.8 Å². The Morgan fingerprint density at radius 2 is 1.92 bits per heavy atom. The van der Waals surface area contributed by atoms with Gasteiger partial charge in [-0.3, -0.25) is 4.99 Å². The monoisotopic (exact) mass is 373 g/mol. The third-order valence-corrected chi connectivity index (χ3v) is 3.80. The standard InChI is InChI=1S/C18H17ClFN5O/c1-21-18(22-10-12-3-2-4-15(20)9-12)23-11-16-24-17(25-26-16)13-5-7-14(19)8-6-13/h2-9H,10-11H2,1H3,(H2,21,22,23). The first-order valence-electron chi connectivity index (χ1n) is 7.91. The Morgan fingerprint density at radius 3 is 2.65 bits per heavy atom. The molecule has 6 nitrogen and oxygen atoms in total. The minimum atomic E-state index is -0.271. The van der Waals surface area contributed by atoms with Crippen molar-refractivity contribution in [3.8, 4) is 11.4 Å². The molecule has 0 fully saturated rings. The van der Waals surface area contributed by atoms with Crippen LogP contribution in [0.15, 0.2) is 58.0 Å². The minimum Gasteiger partial charge on any atom is -0.352 e. The van der Waals surface area contributed by atoms with Gasteiger partial charge in [0.25, 0.3) is 0 Å². The third kappa shape index (κ3) is 4.80. The molecule has 0 radical (unpaired) electrons. The molecule has 0 atom stereocenters. The quantitative estimate of drug-likeness (QED) is 0.529. The molecule has 0 saturated carbocycles. The third-order valence-electron chi connectivity index (χ3n) is 3.55. The molecule has 0 aliphatic heterocycles. The Balaban J connectivity index is 1.55. The number of nitrogens with one attached hydrogen (secondary N) is 2. The predicted molar refractivity (Wildman–Crippen MR) is 98.2 cm³/mol. The largest absolute Gasteiger partial charge is 0.352 e. The van der Waals surface area contributed by atoms with Crippen molar-refractivity contribution >= 4 is 17.6 Å². The zero-order valence-electron chi connectivity index (χ0n) is 14.0. The summed E-state index contributed by atoms with van der Waals surface area (Å²) in [5.74, 6) is 1.18. The van der Waals surface area contributed by atoms with Crippen LogP contribution in [0.3, 0.4) is 0 Å². The van der Waals surface area contributed by atoms with Crippen LogP contribution in [-0.4, -0.2) is 23.1 Å². The molecule has 0 saturated heterocycles. The maximum Gasteiger partial charge on any atom is 0.246 e. The van der Waals surface area contributed by atoms with Crippen molar-refractivity contribution in [2.75, 3.05) is 7.05 Å². The Morgan fingerprint density at radius 1 is 1.15 bits per heavy atom. The van der Waals surface area contributed by atoms with Gasteiger partial charge in [0.1, 0.15) is 5.82 Å². The van der Waals surface area contributed by atoms with Gasteiger partial charge in [-0.2, -0.15) is 4.98 Å². The van der Waals surface area contributed by atoms with Gasteiger partial charge in [-0.25, -0.2) is 4.39 Å². The molecular weight excluding hydrogens is 357 g/mol. The molecule has 0 unspecified atom stereocenters. The fourth-order valence-corrected chi connectivity index (χ4v) is 2.38. The molecule has 3 aromatic rings. The summed E-state index contributed by atoms with van der Waals surface area (Å²) in [6, 6.07) is 13.6. The molecule has 0 amide bonds. The molecule has 8 heteroatoms. The lowest BCUT2D eigenvalue weighted by Crippen LogP contribution is -2.36. The van der Waals surface area contributed by atoms with Crippen molar-refractivity contribution in [2.24, 2.45) is 4.99 Å². The summed E-state index contributed by atoms with van der Waals surface area (Å²) in [5, 5.41) is 10.8. The Bertz CT molecular complexity index is 895. The fraction of sp³-hybridized carbons (Fsp3) is 0.167. The molecule has 0 spiro atoms. The van der Waals surface area contributed by atoms with E-state index in [9.17, 15) is 4.39 Å². The summed E-state index contributed by atoms with van der Waals surface area (Å²) in [4.78, 5) is 8.44. The van der Waals surface area contributed by atoms with E-state index >= 15 is 0 Å². The fourth-order valence-electron chi connectivity index (χ4n) is 2.26. The maximum atomic E-state index is 13.2. The van der Waals surface area contributed by atoms with E-state index in [1.807, 2.05) is 18.2 Å². The number of guanidine groups is 1. The van der Waals surface area contributed by atoms with Gasteiger partial charge in [0.15, 0.2) is 5.96 Å². The zero-order valence-corrected chi connectivity index (χ0v) is 14.8. The van der Waals surface area contributed by atoms with Crippen LogP contribution in [0.5, 0.6) is 0 Å². The lowest BCUT2D eigenvalue weighted by molar-refractivity contribution is 0.375. The Kier molecular flexibility index (Phi) is 5.80. The Hall–Kier alpha value is -2.93. The normalized spacial score (nSPS) is 11.4. The summed E-state index contributed by atoms with van der Waals surface area (Å²) in [6.45, 7) is 0.751. The first-order valence-corrected chi connectivity index (χ1v) is 8.29. The number of benzene rings is 2. The molecular formula is C18H17ClFN5O. The van der Waals surface area contributed by atoms with E-state index in [2.05, 4.69) is 25.8 Å². The lowest BCUT2D eigenvalue weighted by Gasteiger charge is -2.10. The topological polar surface area (TPSA) is 75.3 Å². The highest BCUT2D eigenvalue weighted by molar-refractivity contribution is 6.30. The molecule has 0 bridgehead atoms. The van der Waals surface area contributed by atoms with Gasteiger partial charge in [-0.15, -0.1) is 0 Å². The summed E-state index contributed by atoms with van der Waals surface area (Å²) >= 11 is 5.87. The van der Waals surface area contributed by atoms with E-state index in [4.69, 9.17) is 16.1 Å². The number of aromatic nitrogens is 2. The SMILES string of the molecule is CN=C(NCc1cccc(F)c1)NCc1nc(-c2ccc(Cl)cc2)no1. The number of halogens is 2. The summed E-state index contributed by atoms with van der Waals surface area (Å²) in [5.41, 5.74) is 1.63. The van der Waals surface area contributed by atoms with Crippen LogP contribution >= 0.6 is 11.6 Å². The highest BCUT2D eigenvalue weighted by Gasteiger charge is 2.09. The van der Waals surface area contributed by atoms with E-state index < -0.39 is 0 Å².